The van der Waals surface area contributed by atoms with E-state index in [1.807, 2.05) is 18.2 Å². The number of hydrogen-bond donors (Lipinski definition) is 1. The number of unbranched alkanes of at least 4 members (excludes halogenated alkanes) is 4. The van der Waals surface area contributed by atoms with Crippen LogP contribution in [0.15, 0.2) is 35.3 Å². The number of nitrogens with one attached hydrogen (secondary N) is 1. The molecule has 1 aliphatic heterocycles. The lowest BCUT2D eigenvalue weighted by atomic mass is 10.0. The SMILES string of the molecule is CCOC(=O)CCCCCCCNC(=O)C1=NC(=O)OC1c1ccccc1. The minimum Gasteiger partial charge on any atom is -0.466 e. The summed E-state index contributed by atoms with van der Waals surface area (Å²) in [6.07, 6.45) is 3.51. The van der Waals surface area contributed by atoms with Gasteiger partial charge in [0.15, 0.2) is 11.8 Å². The van der Waals surface area contributed by atoms with Gasteiger partial charge < -0.3 is 14.8 Å². The number of amides is 2. The molecule has 0 bridgehead atoms. The summed E-state index contributed by atoms with van der Waals surface area (Å²) in [7, 11) is 0. The van der Waals surface area contributed by atoms with Crippen molar-refractivity contribution in [1.82, 2.24) is 5.32 Å². The van der Waals surface area contributed by atoms with Crippen LogP contribution in [-0.4, -0.2) is 36.8 Å². The van der Waals surface area contributed by atoms with Gasteiger partial charge >= 0.3 is 12.1 Å². The summed E-state index contributed by atoms with van der Waals surface area (Å²) in [4.78, 5) is 38.7. The van der Waals surface area contributed by atoms with Gasteiger partial charge in [-0.2, -0.15) is 4.99 Å². The highest BCUT2D eigenvalue weighted by atomic mass is 16.6. The molecule has 0 spiro atoms. The first-order valence-electron chi connectivity index (χ1n) is 9.39. The monoisotopic (exact) mass is 374 g/mol. The molecule has 1 unspecified atom stereocenters. The Bertz CT molecular complexity index is 672. The predicted octanol–water partition coefficient (Wildman–Crippen LogP) is 3.34. The first-order chi connectivity index (χ1) is 13.1. The van der Waals surface area contributed by atoms with Crippen molar-refractivity contribution in [3.63, 3.8) is 0 Å². The van der Waals surface area contributed by atoms with Crippen molar-refractivity contribution in [1.29, 1.82) is 0 Å². The van der Waals surface area contributed by atoms with Crippen molar-refractivity contribution in [3.8, 4) is 0 Å². The molecule has 2 rings (SSSR count). The third-order valence-corrected chi connectivity index (χ3v) is 4.16. The number of carbonyl (C=O) groups is 3. The smallest absolute Gasteiger partial charge is 0.435 e. The highest BCUT2D eigenvalue weighted by Crippen LogP contribution is 2.25. The van der Waals surface area contributed by atoms with Crippen LogP contribution in [0.3, 0.4) is 0 Å². The molecule has 0 saturated carbocycles. The molecule has 1 aliphatic rings. The fourth-order valence-corrected chi connectivity index (χ4v) is 2.81. The highest BCUT2D eigenvalue weighted by Gasteiger charge is 2.34. The van der Waals surface area contributed by atoms with Crippen molar-refractivity contribution in [3.05, 3.63) is 35.9 Å². The van der Waals surface area contributed by atoms with Crippen LogP contribution in [-0.2, 0) is 19.1 Å². The molecule has 0 aromatic heterocycles. The van der Waals surface area contributed by atoms with Gasteiger partial charge in [-0.15, -0.1) is 0 Å². The van der Waals surface area contributed by atoms with Crippen LogP contribution in [0.5, 0.6) is 0 Å². The molecule has 146 valence electrons. The zero-order valence-corrected chi connectivity index (χ0v) is 15.6. The Morgan fingerprint density at radius 1 is 1.11 bits per heavy atom. The summed E-state index contributed by atoms with van der Waals surface area (Å²) in [5.74, 6) is -0.524. The van der Waals surface area contributed by atoms with Crippen LogP contribution in [0.2, 0.25) is 0 Å². The maximum absolute atomic E-state index is 12.3. The summed E-state index contributed by atoms with van der Waals surface area (Å²) in [5, 5.41) is 2.79. The Balaban J connectivity index is 1.64. The Hall–Kier alpha value is -2.70. The minimum atomic E-state index is -0.749. The third-order valence-electron chi connectivity index (χ3n) is 4.16. The Morgan fingerprint density at radius 2 is 1.81 bits per heavy atom. The second-order valence-corrected chi connectivity index (χ2v) is 6.25. The Morgan fingerprint density at radius 3 is 2.56 bits per heavy atom. The van der Waals surface area contributed by atoms with E-state index in [1.165, 1.54) is 0 Å². The molecule has 0 radical (unpaired) electrons. The fraction of sp³-hybridized carbons (Fsp3) is 0.500. The van der Waals surface area contributed by atoms with E-state index >= 15 is 0 Å². The van der Waals surface area contributed by atoms with Crippen molar-refractivity contribution >= 4 is 23.7 Å². The lowest BCUT2D eigenvalue weighted by molar-refractivity contribution is -0.143. The quantitative estimate of drug-likeness (QED) is 0.473. The lowest BCUT2D eigenvalue weighted by Crippen LogP contribution is -2.34. The van der Waals surface area contributed by atoms with Crippen LogP contribution < -0.4 is 5.32 Å². The summed E-state index contributed by atoms with van der Waals surface area (Å²) >= 11 is 0. The first kappa shape index (κ1) is 20.6. The van der Waals surface area contributed by atoms with Crippen molar-refractivity contribution < 1.29 is 23.9 Å². The van der Waals surface area contributed by atoms with Crippen LogP contribution >= 0.6 is 0 Å². The largest absolute Gasteiger partial charge is 0.466 e. The molecule has 1 N–H and O–H groups in total. The summed E-state index contributed by atoms with van der Waals surface area (Å²) in [6.45, 7) is 2.73. The van der Waals surface area contributed by atoms with Gasteiger partial charge in [-0.3, -0.25) is 9.59 Å². The van der Waals surface area contributed by atoms with E-state index in [0.717, 1.165) is 37.7 Å². The van der Waals surface area contributed by atoms with Crippen LogP contribution in [0.25, 0.3) is 0 Å². The molecule has 7 heteroatoms. The van der Waals surface area contributed by atoms with E-state index in [1.54, 1.807) is 19.1 Å². The van der Waals surface area contributed by atoms with Crippen molar-refractivity contribution in [2.24, 2.45) is 4.99 Å². The topological polar surface area (TPSA) is 94.1 Å². The van der Waals surface area contributed by atoms with E-state index in [0.29, 0.717) is 19.6 Å². The van der Waals surface area contributed by atoms with Gasteiger partial charge in [0.1, 0.15) is 0 Å². The van der Waals surface area contributed by atoms with Gasteiger partial charge in [0, 0.05) is 13.0 Å². The van der Waals surface area contributed by atoms with Crippen LogP contribution in [0.1, 0.15) is 57.1 Å². The molecule has 27 heavy (non-hydrogen) atoms. The summed E-state index contributed by atoms with van der Waals surface area (Å²) < 4.78 is 10.0. The summed E-state index contributed by atoms with van der Waals surface area (Å²) in [6, 6.07) is 9.08. The molecule has 0 saturated heterocycles. The van der Waals surface area contributed by atoms with Gasteiger partial charge in [-0.1, -0.05) is 49.6 Å². The lowest BCUT2D eigenvalue weighted by Gasteiger charge is -2.12. The van der Waals surface area contributed by atoms with E-state index < -0.39 is 12.2 Å². The number of esters is 1. The van der Waals surface area contributed by atoms with Gasteiger partial charge in [0.05, 0.1) is 6.61 Å². The molecular weight excluding hydrogens is 348 g/mol. The average molecular weight is 374 g/mol. The fourth-order valence-electron chi connectivity index (χ4n) is 2.81. The molecule has 2 amide bonds. The molecule has 0 aliphatic carbocycles. The zero-order chi connectivity index (χ0) is 19.5. The molecule has 7 nitrogen and oxygen atoms in total. The number of hydrogen-bond acceptors (Lipinski definition) is 5. The number of cyclic esters (lactones) is 1. The van der Waals surface area contributed by atoms with Gasteiger partial charge in [0.2, 0.25) is 0 Å². The first-order valence-corrected chi connectivity index (χ1v) is 9.39. The number of aliphatic imine (C=N–C) groups is 1. The van der Waals surface area contributed by atoms with Gasteiger partial charge in [-0.25, -0.2) is 4.79 Å². The van der Waals surface area contributed by atoms with E-state index in [-0.39, 0.29) is 17.6 Å². The molecular formula is C20H26N2O5. The summed E-state index contributed by atoms with van der Waals surface area (Å²) in [5.41, 5.74) is 0.819. The second-order valence-electron chi connectivity index (χ2n) is 6.25. The van der Waals surface area contributed by atoms with E-state index in [2.05, 4.69) is 10.3 Å². The Labute approximate surface area is 159 Å². The van der Waals surface area contributed by atoms with Gasteiger partial charge in [-0.05, 0) is 25.3 Å². The standard InChI is InChI=1S/C20H26N2O5/c1-2-26-16(23)13-9-4-3-5-10-14-21-19(24)17-18(27-20(25)22-17)15-11-7-6-8-12-15/h6-8,11-12,18H,2-5,9-10,13-14H2,1H3,(H,21,24). The second kappa shape index (κ2) is 11.1. The maximum Gasteiger partial charge on any atom is 0.435 e. The Kier molecular flexibility index (Phi) is 8.48. The predicted molar refractivity (Wildman–Crippen MR) is 100 cm³/mol. The van der Waals surface area contributed by atoms with E-state index in [4.69, 9.17) is 9.47 Å². The number of rotatable bonds is 11. The molecule has 1 heterocycles. The highest BCUT2D eigenvalue weighted by molar-refractivity contribution is 6.43. The molecule has 1 atom stereocenters. The van der Waals surface area contributed by atoms with E-state index in [9.17, 15) is 14.4 Å². The number of ether oxygens (including phenoxy) is 2. The van der Waals surface area contributed by atoms with Crippen molar-refractivity contribution in [2.45, 2.75) is 51.6 Å². The third kappa shape index (κ3) is 6.84. The normalized spacial score (nSPS) is 15.8. The van der Waals surface area contributed by atoms with Crippen molar-refractivity contribution in [2.75, 3.05) is 13.2 Å². The number of nitrogens with zero attached hydrogens (tertiary/aromatic N) is 1. The zero-order valence-electron chi connectivity index (χ0n) is 15.6. The number of carbonyl (C=O) groups excluding carboxylic acids is 3. The van der Waals surface area contributed by atoms with Crippen LogP contribution in [0, 0.1) is 0 Å². The maximum atomic E-state index is 12.3. The number of benzene rings is 1. The molecule has 1 aromatic rings. The average Bonchev–Trinajstić information content (AvgIpc) is 3.06. The minimum absolute atomic E-state index is 0.0978. The van der Waals surface area contributed by atoms with Gasteiger partial charge in [0.25, 0.3) is 5.91 Å². The van der Waals surface area contributed by atoms with Crippen LogP contribution in [0.4, 0.5) is 4.79 Å². The molecule has 0 fully saturated rings. The molecule has 1 aromatic carbocycles.